The maximum absolute atomic E-state index is 11.3. The van der Waals surface area contributed by atoms with Crippen LogP contribution >= 0.6 is 7.91 Å². The Morgan fingerprint density at radius 1 is 1.88 bits per heavy atom. The highest BCUT2D eigenvalue weighted by atomic mass is 31.2. The van der Waals surface area contributed by atoms with Crippen molar-refractivity contribution in [2.75, 3.05) is 0 Å². The molecule has 0 aliphatic rings. The molecule has 0 fully saturated rings. The molecule has 1 atom stereocenters. The van der Waals surface area contributed by atoms with E-state index >= 15 is 0 Å². The van der Waals surface area contributed by atoms with Gasteiger partial charge in [-0.1, -0.05) is 0 Å². The van der Waals surface area contributed by atoms with Crippen LogP contribution in [0.25, 0.3) is 0 Å². The van der Waals surface area contributed by atoms with Gasteiger partial charge in [-0.05, 0) is 0 Å². The van der Waals surface area contributed by atoms with Crippen LogP contribution in [-0.2, 0) is 13.9 Å². The van der Waals surface area contributed by atoms with Gasteiger partial charge in [0.1, 0.15) is 0 Å². The fraction of sp³-hybridized carbons (Fsp3) is 0.500. The Bertz CT molecular complexity index is 137. The summed E-state index contributed by atoms with van der Waals surface area (Å²) in [4.78, 5) is 17.3. The summed E-state index contributed by atoms with van der Waals surface area (Å²) in [7, 11) is -5.07. The maximum Gasteiger partial charge on any atom is 0.569 e. The second-order valence-corrected chi connectivity index (χ2v) is 2.12. The van der Waals surface area contributed by atoms with Gasteiger partial charge in [0.2, 0.25) is 0 Å². The van der Waals surface area contributed by atoms with E-state index in [0.717, 1.165) is 6.92 Å². The normalized spacial score (nSPS) is 16.9. The smallest absolute Gasteiger partial charge is 0.368 e. The minimum atomic E-state index is -5.07. The van der Waals surface area contributed by atoms with E-state index in [4.69, 9.17) is 4.89 Å². The molecule has 1 unspecified atom stereocenters. The van der Waals surface area contributed by atoms with E-state index in [1.165, 1.54) is 0 Å². The number of rotatable bonds is 1. The van der Waals surface area contributed by atoms with Gasteiger partial charge < -0.3 is 4.52 Å². The second-order valence-electron chi connectivity index (χ2n) is 1.03. The first-order valence-corrected chi connectivity index (χ1v) is 3.11. The summed E-state index contributed by atoms with van der Waals surface area (Å²) in [6.45, 7) is 0.836. The fourth-order valence-corrected chi connectivity index (χ4v) is 0.476. The lowest BCUT2D eigenvalue weighted by Crippen LogP contribution is -1.91. The number of hydrogen-bond acceptors (Lipinski definition) is 3. The molecule has 0 bridgehead atoms. The second kappa shape index (κ2) is 2.24. The van der Waals surface area contributed by atoms with Crippen molar-refractivity contribution in [3.05, 3.63) is 0 Å². The lowest BCUT2D eigenvalue weighted by Gasteiger charge is -1.96. The van der Waals surface area contributed by atoms with E-state index < -0.39 is 13.9 Å². The van der Waals surface area contributed by atoms with E-state index in [1.54, 1.807) is 0 Å². The Kier molecular flexibility index (Phi) is 2.12. The Labute approximate surface area is 44.9 Å². The molecular weight excluding hydrogens is 138 g/mol. The van der Waals surface area contributed by atoms with Crippen LogP contribution in [-0.4, -0.2) is 10.9 Å². The van der Waals surface area contributed by atoms with E-state index in [-0.39, 0.29) is 0 Å². The summed E-state index contributed by atoms with van der Waals surface area (Å²) < 4.78 is 24.0. The van der Waals surface area contributed by atoms with Crippen molar-refractivity contribution in [1.29, 1.82) is 0 Å². The molecule has 0 aliphatic carbocycles. The standard InChI is InChI=1S/C2H4FO4P/c1-2(4)7-8(3,5)6/h1H3,(H,5,6). The van der Waals surface area contributed by atoms with Crippen LogP contribution in [0, 0.1) is 0 Å². The van der Waals surface area contributed by atoms with Gasteiger partial charge in [0.05, 0.1) is 0 Å². The molecule has 0 radical (unpaired) electrons. The van der Waals surface area contributed by atoms with Crippen LogP contribution in [0.4, 0.5) is 4.20 Å². The monoisotopic (exact) mass is 142 g/mol. The molecule has 0 spiro atoms. The molecule has 0 aromatic heterocycles. The van der Waals surface area contributed by atoms with Gasteiger partial charge in [-0.15, -0.1) is 4.20 Å². The van der Waals surface area contributed by atoms with Crippen molar-refractivity contribution in [3.63, 3.8) is 0 Å². The quantitative estimate of drug-likeness (QED) is 0.545. The van der Waals surface area contributed by atoms with Gasteiger partial charge in [0, 0.05) is 6.92 Å². The predicted molar refractivity (Wildman–Crippen MR) is 22.7 cm³/mol. The molecule has 48 valence electrons. The van der Waals surface area contributed by atoms with E-state index in [9.17, 15) is 13.6 Å². The molecule has 0 rings (SSSR count). The first-order valence-electron chi connectivity index (χ1n) is 1.64. The van der Waals surface area contributed by atoms with Crippen molar-refractivity contribution >= 4 is 13.9 Å². The number of hydrogen-bond donors (Lipinski definition) is 1. The lowest BCUT2D eigenvalue weighted by atomic mass is 10.9. The van der Waals surface area contributed by atoms with E-state index in [2.05, 4.69) is 4.52 Å². The molecule has 0 aliphatic heterocycles. The highest BCUT2D eigenvalue weighted by Gasteiger charge is 2.19. The Balaban J connectivity index is 3.74. The largest absolute Gasteiger partial charge is 0.569 e. The van der Waals surface area contributed by atoms with Gasteiger partial charge >= 0.3 is 13.9 Å². The molecule has 1 N–H and O–H groups in total. The van der Waals surface area contributed by atoms with Crippen molar-refractivity contribution in [1.82, 2.24) is 0 Å². The summed E-state index contributed by atoms with van der Waals surface area (Å²) in [6.07, 6.45) is 0. The molecule has 0 saturated heterocycles. The lowest BCUT2D eigenvalue weighted by molar-refractivity contribution is -0.132. The van der Waals surface area contributed by atoms with Crippen LogP contribution in [0.3, 0.4) is 0 Å². The molecule has 6 heteroatoms. The highest BCUT2D eigenvalue weighted by molar-refractivity contribution is 7.47. The summed E-state index contributed by atoms with van der Waals surface area (Å²) in [5.74, 6) is -1.11. The molecule has 0 saturated carbocycles. The molecule has 0 aromatic rings. The van der Waals surface area contributed by atoms with Gasteiger partial charge in [-0.25, -0.2) is 4.57 Å². The summed E-state index contributed by atoms with van der Waals surface area (Å²) >= 11 is 0. The minimum Gasteiger partial charge on any atom is -0.368 e. The zero-order valence-corrected chi connectivity index (χ0v) is 4.89. The zero-order valence-electron chi connectivity index (χ0n) is 4.00. The summed E-state index contributed by atoms with van der Waals surface area (Å²) in [6, 6.07) is 0. The third-order valence-corrected chi connectivity index (χ3v) is 0.723. The molecular formula is C2H4FO4P. The summed E-state index contributed by atoms with van der Waals surface area (Å²) in [5, 5.41) is 0. The third-order valence-electron chi connectivity index (χ3n) is 0.241. The Hall–Kier alpha value is -0.410. The van der Waals surface area contributed by atoms with Crippen LogP contribution in [0.1, 0.15) is 6.92 Å². The van der Waals surface area contributed by atoms with Crippen LogP contribution in [0.15, 0.2) is 0 Å². The van der Waals surface area contributed by atoms with Gasteiger partial charge in [-0.3, -0.25) is 9.69 Å². The highest BCUT2D eigenvalue weighted by Crippen LogP contribution is 2.43. The Morgan fingerprint density at radius 2 is 2.25 bits per heavy atom. The van der Waals surface area contributed by atoms with Crippen molar-refractivity contribution in [2.24, 2.45) is 0 Å². The molecule has 8 heavy (non-hydrogen) atoms. The molecule has 0 aromatic carbocycles. The minimum absolute atomic E-state index is 0.836. The van der Waals surface area contributed by atoms with E-state index in [0.29, 0.717) is 0 Å². The van der Waals surface area contributed by atoms with Gasteiger partial charge in [0.25, 0.3) is 0 Å². The Morgan fingerprint density at radius 3 is 2.25 bits per heavy atom. The SMILES string of the molecule is CC(=O)OP(=O)(O)F. The topological polar surface area (TPSA) is 63.6 Å². The number of halogens is 1. The van der Waals surface area contributed by atoms with Crippen molar-refractivity contribution < 1.29 is 23.0 Å². The van der Waals surface area contributed by atoms with Crippen LogP contribution < -0.4 is 0 Å². The van der Waals surface area contributed by atoms with Crippen LogP contribution in [0.2, 0.25) is 0 Å². The first kappa shape index (κ1) is 7.59. The molecule has 4 nitrogen and oxygen atoms in total. The first-order chi connectivity index (χ1) is 3.42. The number of carbonyl (C=O) groups is 1. The number of carbonyl (C=O) groups excluding carboxylic acids is 1. The maximum atomic E-state index is 11.3. The molecule has 0 heterocycles. The third kappa shape index (κ3) is 5.59. The predicted octanol–water partition coefficient (Wildman–Crippen LogP) is 0.619. The molecule has 0 amide bonds. The van der Waals surface area contributed by atoms with Gasteiger partial charge in [-0.2, -0.15) is 0 Å². The van der Waals surface area contributed by atoms with E-state index in [1.807, 2.05) is 0 Å². The van der Waals surface area contributed by atoms with Crippen LogP contribution in [0.5, 0.6) is 0 Å². The average Bonchev–Trinajstić information content (AvgIpc) is 1.21. The zero-order chi connectivity index (χ0) is 6.78. The average molecular weight is 142 g/mol. The fourth-order valence-electron chi connectivity index (χ4n) is 0.159. The van der Waals surface area contributed by atoms with Crippen molar-refractivity contribution in [3.8, 4) is 0 Å². The van der Waals surface area contributed by atoms with Gasteiger partial charge in [0.15, 0.2) is 0 Å². The van der Waals surface area contributed by atoms with Crippen molar-refractivity contribution in [2.45, 2.75) is 6.92 Å². The summed E-state index contributed by atoms with van der Waals surface area (Å²) in [5.41, 5.74) is 0.